The smallest absolute Gasteiger partial charge is 0.253 e. The maximum absolute atomic E-state index is 12.6. The molecule has 160 valence electrons. The van der Waals surface area contributed by atoms with Crippen LogP contribution in [0.4, 0.5) is 11.5 Å². The summed E-state index contributed by atoms with van der Waals surface area (Å²) < 4.78 is 0. The summed E-state index contributed by atoms with van der Waals surface area (Å²) in [4.78, 5) is 30.6. The Kier molecular flexibility index (Phi) is 5.27. The van der Waals surface area contributed by atoms with Gasteiger partial charge in [-0.1, -0.05) is 30.3 Å². The maximum Gasteiger partial charge on any atom is 0.253 e. The molecule has 2 aromatic carbocycles. The summed E-state index contributed by atoms with van der Waals surface area (Å²) in [6, 6.07) is 20.1. The van der Waals surface area contributed by atoms with E-state index in [0.717, 1.165) is 41.1 Å². The third-order valence-corrected chi connectivity index (χ3v) is 6.08. The van der Waals surface area contributed by atoms with Crippen molar-refractivity contribution in [3.05, 3.63) is 78.1 Å². The van der Waals surface area contributed by atoms with E-state index in [-0.39, 0.29) is 5.91 Å². The number of hydrogen-bond acceptors (Lipinski definition) is 5. The molecular formula is C26H25N5O. The number of para-hydroxylation sites is 1. The van der Waals surface area contributed by atoms with Crippen molar-refractivity contribution < 1.29 is 4.79 Å². The van der Waals surface area contributed by atoms with Crippen molar-refractivity contribution in [2.24, 2.45) is 0 Å². The van der Waals surface area contributed by atoms with Crippen LogP contribution in [0.15, 0.2) is 67.0 Å². The lowest BCUT2D eigenvalue weighted by Crippen LogP contribution is -2.30. The molecule has 1 amide bonds. The second-order valence-electron chi connectivity index (χ2n) is 7.85. The van der Waals surface area contributed by atoms with Gasteiger partial charge in [-0.2, -0.15) is 0 Å². The number of hydrogen-bond donors (Lipinski definition) is 0. The van der Waals surface area contributed by atoms with Crippen molar-refractivity contribution in [1.82, 2.24) is 19.9 Å². The van der Waals surface area contributed by atoms with E-state index in [2.05, 4.69) is 39.1 Å². The lowest BCUT2D eigenvalue weighted by Gasteiger charge is -2.19. The molecule has 1 aliphatic heterocycles. The highest BCUT2D eigenvalue weighted by Crippen LogP contribution is 2.36. The first-order chi connectivity index (χ1) is 15.7. The van der Waals surface area contributed by atoms with E-state index in [0.29, 0.717) is 18.7 Å². The summed E-state index contributed by atoms with van der Waals surface area (Å²) in [7, 11) is 0. The summed E-state index contributed by atoms with van der Waals surface area (Å²) in [5.74, 6) is 0.881. The summed E-state index contributed by atoms with van der Waals surface area (Å²) >= 11 is 0. The summed E-state index contributed by atoms with van der Waals surface area (Å²) in [5, 5.41) is 0. The van der Waals surface area contributed by atoms with Gasteiger partial charge in [-0.25, -0.2) is 15.0 Å². The topological polar surface area (TPSA) is 62.2 Å². The Balaban J connectivity index is 1.52. The molecule has 0 saturated carbocycles. The Morgan fingerprint density at radius 1 is 0.969 bits per heavy atom. The zero-order valence-electron chi connectivity index (χ0n) is 18.3. The van der Waals surface area contributed by atoms with E-state index in [1.807, 2.05) is 55.1 Å². The van der Waals surface area contributed by atoms with E-state index >= 15 is 0 Å². The van der Waals surface area contributed by atoms with E-state index in [4.69, 9.17) is 4.98 Å². The number of fused-ring (bicyclic) bond motifs is 2. The minimum Gasteiger partial charge on any atom is -0.339 e. The number of aromatic nitrogens is 3. The van der Waals surface area contributed by atoms with Gasteiger partial charge in [0, 0.05) is 36.4 Å². The Morgan fingerprint density at radius 2 is 1.75 bits per heavy atom. The molecule has 0 N–H and O–H groups in total. The first kappa shape index (κ1) is 20.1. The SMILES string of the molecule is CCN(CC)C(=O)c1ccc(-c2ccc3ncnc(N4CCc5ccccc54)c3n2)cc1. The molecule has 4 aromatic rings. The Bertz CT molecular complexity index is 1280. The fourth-order valence-corrected chi connectivity index (χ4v) is 4.32. The Hall–Kier alpha value is -3.80. The molecule has 0 saturated heterocycles. The summed E-state index contributed by atoms with van der Waals surface area (Å²) in [5.41, 5.74) is 6.59. The lowest BCUT2D eigenvalue weighted by molar-refractivity contribution is 0.0773. The lowest BCUT2D eigenvalue weighted by atomic mass is 10.1. The number of amides is 1. The van der Waals surface area contributed by atoms with E-state index in [1.165, 1.54) is 11.3 Å². The molecule has 0 unspecified atom stereocenters. The van der Waals surface area contributed by atoms with Crippen molar-refractivity contribution >= 4 is 28.4 Å². The molecule has 0 atom stereocenters. The van der Waals surface area contributed by atoms with Crippen LogP contribution in [0.1, 0.15) is 29.8 Å². The number of anilines is 2. The average Bonchev–Trinajstić information content (AvgIpc) is 3.28. The number of carbonyl (C=O) groups excluding carboxylic acids is 1. The van der Waals surface area contributed by atoms with Crippen molar-refractivity contribution in [2.45, 2.75) is 20.3 Å². The van der Waals surface area contributed by atoms with Crippen molar-refractivity contribution in [2.75, 3.05) is 24.5 Å². The number of benzene rings is 2. The van der Waals surface area contributed by atoms with Crippen LogP contribution in [-0.2, 0) is 6.42 Å². The second kappa shape index (κ2) is 8.38. The standard InChI is InChI=1S/C26H25N5O/c1-3-30(4-2)26(32)20-11-9-18(10-12-20)21-13-14-22-24(29-21)25(28-17-27-22)31-16-15-19-7-5-6-8-23(19)31/h5-14,17H,3-4,15-16H2,1-2H3. The van der Waals surface area contributed by atoms with Crippen LogP contribution in [-0.4, -0.2) is 45.4 Å². The molecule has 3 heterocycles. The highest BCUT2D eigenvalue weighted by Gasteiger charge is 2.23. The van der Waals surface area contributed by atoms with Gasteiger partial charge in [-0.3, -0.25) is 4.79 Å². The predicted octanol–water partition coefficient (Wildman–Crippen LogP) is 4.87. The van der Waals surface area contributed by atoms with E-state index < -0.39 is 0 Å². The number of rotatable bonds is 5. The minimum absolute atomic E-state index is 0.0522. The van der Waals surface area contributed by atoms with Crippen molar-refractivity contribution in [3.8, 4) is 11.3 Å². The molecule has 6 nitrogen and oxygen atoms in total. The van der Waals surface area contributed by atoms with Crippen LogP contribution in [0.5, 0.6) is 0 Å². The summed E-state index contributed by atoms with van der Waals surface area (Å²) in [6.45, 7) is 6.26. The average molecular weight is 424 g/mol. The highest BCUT2D eigenvalue weighted by molar-refractivity contribution is 5.95. The summed E-state index contributed by atoms with van der Waals surface area (Å²) in [6.07, 6.45) is 2.59. The molecule has 0 bridgehead atoms. The number of nitrogens with zero attached hydrogens (tertiary/aromatic N) is 5. The third kappa shape index (κ3) is 3.47. The normalized spacial score (nSPS) is 12.8. The molecule has 2 aromatic heterocycles. The second-order valence-corrected chi connectivity index (χ2v) is 7.85. The van der Waals surface area contributed by atoms with Gasteiger partial charge in [-0.05, 0) is 56.2 Å². The molecule has 0 radical (unpaired) electrons. The van der Waals surface area contributed by atoms with Crippen molar-refractivity contribution in [3.63, 3.8) is 0 Å². The van der Waals surface area contributed by atoms with Crippen LogP contribution in [0.3, 0.4) is 0 Å². The van der Waals surface area contributed by atoms with E-state index in [9.17, 15) is 4.79 Å². The van der Waals surface area contributed by atoms with Gasteiger partial charge in [0.1, 0.15) is 11.8 Å². The maximum atomic E-state index is 12.6. The fourth-order valence-electron chi connectivity index (χ4n) is 4.32. The zero-order valence-corrected chi connectivity index (χ0v) is 18.3. The Labute approximate surface area is 187 Å². The van der Waals surface area contributed by atoms with E-state index in [1.54, 1.807) is 6.33 Å². The molecule has 0 fully saturated rings. The van der Waals surface area contributed by atoms with Crippen LogP contribution in [0.2, 0.25) is 0 Å². The molecular weight excluding hydrogens is 398 g/mol. The van der Waals surface area contributed by atoms with Crippen molar-refractivity contribution in [1.29, 1.82) is 0 Å². The zero-order chi connectivity index (χ0) is 22.1. The molecule has 0 spiro atoms. The quantitative estimate of drug-likeness (QED) is 0.458. The van der Waals surface area contributed by atoms with Gasteiger partial charge in [0.15, 0.2) is 5.82 Å². The van der Waals surface area contributed by atoms with Gasteiger partial charge < -0.3 is 9.80 Å². The molecule has 32 heavy (non-hydrogen) atoms. The van der Waals surface area contributed by atoms with Crippen LogP contribution in [0.25, 0.3) is 22.3 Å². The molecule has 5 rings (SSSR count). The highest BCUT2D eigenvalue weighted by atomic mass is 16.2. The molecule has 0 aliphatic carbocycles. The molecule has 1 aliphatic rings. The minimum atomic E-state index is 0.0522. The first-order valence-electron chi connectivity index (χ1n) is 11.1. The third-order valence-electron chi connectivity index (χ3n) is 6.08. The van der Waals surface area contributed by atoms with Gasteiger partial charge in [0.2, 0.25) is 0 Å². The van der Waals surface area contributed by atoms with Crippen LogP contribution < -0.4 is 4.90 Å². The monoisotopic (exact) mass is 423 g/mol. The predicted molar refractivity (Wildman–Crippen MR) is 127 cm³/mol. The fraction of sp³-hybridized carbons (Fsp3) is 0.231. The number of pyridine rings is 1. The van der Waals surface area contributed by atoms with Gasteiger partial charge >= 0.3 is 0 Å². The number of carbonyl (C=O) groups is 1. The first-order valence-corrected chi connectivity index (χ1v) is 11.1. The molecule has 6 heteroatoms. The largest absolute Gasteiger partial charge is 0.339 e. The van der Waals surface area contributed by atoms with Gasteiger partial charge in [0.25, 0.3) is 5.91 Å². The van der Waals surface area contributed by atoms with Crippen LogP contribution in [0, 0.1) is 0 Å². The van der Waals surface area contributed by atoms with Crippen LogP contribution >= 0.6 is 0 Å². The van der Waals surface area contributed by atoms with Gasteiger partial charge in [0.05, 0.1) is 11.2 Å². The van der Waals surface area contributed by atoms with Gasteiger partial charge in [-0.15, -0.1) is 0 Å². The Morgan fingerprint density at radius 3 is 2.53 bits per heavy atom.